The Hall–Kier alpha value is -1.44. The van der Waals surface area contributed by atoms with E-state index < -0.39 is 8.07 Å². The highest BCUT2D eigenvalue weighted by Crippen LogP contribution is 2.20. The average Bonchev–Trinajstić information content (AvgIpc) is 2.42. The van der Waals surface area contributed by atoms with Crippen LogP contribution in [0.3, 0.4) is 0 Å². The number of para-hydroxylation sites is 1. The SMILES string of the molecule is CN=Cc1ccccc1Pc1cccc([Si](C)(C)C)c1O. The van der Waals surface area contributed by atoms with E-state index in [9.17, 15) is 5.11 Å². The zero-order valence-electron chi connectivity index (χ0n) is 13.0. The molecule has 2 rings (SSSR count). The summed E-state index contributed by atoms with van der Waals surface area (Å²) >= 11 is 0. The van der Waals surface area contributed by atoms with Crippen LogP contribution in [0.1, 0.15) is 5.56 Å². The molecule has 0 amide bonds. The van der Waals surface area contributed by atoms with Gasteiger partial charge in [0.05, 0.1) is 8.07 Å². The summed E-state index contributed by atoms with van der Waals surface area (Å²) in [4.78, 5) is 4.11. The first-order valence-electron chi connectivity index (χ1n) is 7.04. The Labute approximate surface area is 129 Å². The van der Waals surface area contributed by atoms with Crippen LogP contribution in [0.5, 0.6) is 5.75 Å². The standard InChI is InChI=1S/C17H22NOPSi/c1-18-12-13-8-5-6-9-14(13)20-15-10-7-11-16(17(15)19)21(2,3)4/h5-12,19-20H,1-4H3. The fourth-order valence-corrected chi connectivity index (χ4v) is 5.02. The lowest BCUT2D eigenvalue weighted by molar-refractivity contribution is 0.483. The van der Waals surface area contributed by atoms with E-state index in [0.29, 0.717) is 14.3 Å². The minimum absolute atomic E-state index is 0.441. The first-order valence-corrected chi connectivity index (χ1v) is 11.5. The second kappa shape index (κ2) is 6.55. The van der Waals surface area contributed by atoms with Crippen LogP contribution in [-0.2, 0) is 0 Å². The predicted molar refractivity (Wildman–Crippen MR) is 98.6 cm³/mol. The molecule has 0 fully saturated rings. The first kappa shape index (κ1) is 15.9. The summed E-state index contributed by atoms with van der Waals surface area (Å²) in [6.07, 6.45) is 1.88. The smallest absolute Gasteiger partial charge is 0.122 e. The highest BCUT2D eigenvalue weighted by atomic mass is 31.1. The molecule has 0 aliphatic heterocycles. The molecule has 1 atom stereocenters. The Bertz CT molecular complexity index is 662. The number of benzene rings is 2. The number of phenols is 1. The maximum absolute atomic E-state index is 10.6. The fraction of sp³-hybridized carbons (Fsp3) is 0.235. The third kappa shape index (κ3) is 3.81. The Kier molecular flexibility index (Phi) is 4.97. The van der Waals surface area contributed by atoms with Gasteiger partial charge in [0.1, 0.15) is 5.75 Å². The second-order valence-electron chi connectivity index (χ2n) is 6.05. The summed E-state index contributed by atoms with van der Waals surface area (Å²) in [5.41, 5.74) is 1.12. The molecule has 0 aliphatic rings. The van der Waals surface area contributed by atoms with Gasteiger partial charge in [-0.1, -0.05) is 70.7 Å². The Morgan fingerprint density at radius 3 is 2.33 bits per heavy atom. The second-order valence-corrected chi connectivity index (χ2v) is 12.4. The van der Waals surface area contributed by atoms with E-state index in [0.717, 1.165) is 16.1 Å². The number of aromatic hydroxyl groups is 1. The molecule has 4 heteroatoms. The minimum atomic E-state index is -1.53. The summed E-state index contributed by atoms with van der Waals surface area (Å²) in [6, 6.07) is 14.4. The lowest BCUT2D eigenvalue weighted by atomic mass is 10.2. The predicted octanol–water partition coefficient (Wildman–Crippen LogP) is 2.62. The topological polar surface area (TPSA) is 32.6 Å². The monoisotopic (exact) mass is 315 g/mol. The highest BCUT2D eigenvalue weighted by molar-refractivity contribution is 7.56. The van der Waals surface area contributed by atoms with Gasteiger partial charge in [0.25, 0.3) is 0 Å². The van der Waals surface area contributed by atoms with Gasteiger partial charge in [0.15, 0.2) is 0 Å². The molecule has 0 aromatic heterocycles. The molecule has 0 radical (unpaired) electrons. The quantitative estimate of drug-likeness (QED) is 0.525. The molecule has 1 N–H and O–H groups in total. The van der Waals surface area contributed by atoms with E-state index in [1.165, 1.54) is 5.30 Å². The van der Waals surface area contributed by atoms with Gasteiger partial charge in [-0.2, -0.15) is 0 Å². The molecule has 2 nitrogen and oxygen atoms in total. The van der Waals surface area contributed by atoms with Crippen molar-refractivity contribution in [2.24, 2.45) is 4.99 Å². The maximum atomic E-state index is 10.6. The van der Waals surface area contributed by atoms with Crippen LogP contribution in [0, 0.1) is 0 Å². The molecule has 0 heterocycles. The van der Waals surface area contributed by atoms with Crippen LogP contribution in [-0.4, -0.2) is 26.4 Å². The minimum Gasteiger partial charge on any atom is -0.507 e. The average molecular weight is 315 g/mol. The third-order valence-electron chi connectivity index (χ3n) is 3.34. The van der Waals surface area contributed by atoms with Crippen molar-refractivity contribution in [3.63, 3.8) is 0 Å². The van der Waals surface area contributed by atoms with Gasteiger partial charge in [0.2, 0.25) is 0 Å². The van der Waals surface area contributed by atoms with E-state index in [4.69, 9.17) is 0 Å². The third-order valence-corrected chi connectivity index (χ3v) is 6.76. The van der Waals surface area contributed by atoms with Gasteiger partial charge in [0, 0.05) is 18.6 Å². The van der Waals surface area contributed by atoms with E-state index in [-0.39, 0.29) is 0 Å². The molecule has 0 saturated carbocycles. The van der Waals surface area contributed by atoms with Crippen molar-refractivity contribution in [2.45, 2.75) is 19.6 Å². The van der Waals surface area contributed by atoms with Crippen molar-refractivity contribution in [1.82, 2.24) is 0 Å². The van der Waals surface area contributed by atoms with Crippen molar-refractivity contribution in [2.75, 3.05) is 7.05 Å². The summed E-state index contributed by atoms with van der Waals surface area (Å²) < 4.78 is 0. The van der Waals surface area contributed by atoms with Crippen LogP contribution in [0.15, 0.2) is 47.5 Å². The van der Waals surface area contributed by atoms with Crippen LogP contribution >= 0.6 is 8.58 Å². The number of aliphatic imine (C=N–C) groups is 1. The number of nitrogens with zero attached hydrogens (tertiary/aromatic N) is 1. The lowest BCUT2D eigenvalue weighted by Crippen LogP contribution is -2.39. The molecule has 0 bridgehead atoms. The first-order chi connectivity index (χ1) is 9.93. The molecule has 21 heavy (non-hydrogen) atoms. The van der Waals surface area contributed by atoms with Crippen molar-refractivity contribution >= 4 is 38.7 Å². The maximum Gasteiger partial charge on any atom is 0.122 e. The molecular weight excluding hydrogens is 293 g/mol. The number of hydrogen-bond donors (Lipinski definition) is 1. The van der Waals surface area contributed by atoms with E-state index in [1.807, 2.05) is 24.4 Å². The zero-order valence-corrected chi connectivity index (χ0v) is 15.0. The highest BCUT2D eigenvalue weighted by Gasteiger charge is 2.21. The molecule has 0 aliphatic carbocycles. The summed E-state index contributed by atoms with van der Waals surface area (Å²) in [6.45, 7) is 6.77. The summed E-state index contributed by atoms with van der Waals surface area (Å²) in [5.74, 6) is 0.484. The van der Waals surface area contributed by atoms with Crippen molar-refractivity contribution in [1.29, 1.82) is 0 Å². The molecule has 2 aromatic carbocycles. The summed E-state index contributed by atoms with van der Waals surface area (Å²) in [7, 11) is 0.694. The van der Waals surface area contributed by atoms with Crippen molar-refractivity contribution in [3.8, 4) is 5.75 Å². The van der Waals surface area contributed by atoms with Gasteiger partial charge in [-0.15, -0.1) is 0 Å². The van der Waals surface area contributed by atoms with E-state index >= 15 is 0 Å². The van der Waals surface area contributed by atoms with Gasteiger partial charge in [-0.25, -0.2) is 0 Å². The van der Waals surface area contributed by atoms with Gasteiger partial charge in [-0.05, 0) is 16.1 Å². The van der Waals surface area contributed by atoms with Crippen molar-refractivity contribution < 1.29 is 5.11 Å². The van der Waals surface area contributed by atoms with Crippen LogP contribution in [0.25, 0.3) is 0 Å². The molecule has 0 spiro atoms. The van der Waals surface area contributed by atoms with Crippen LogP contribution < -0.4 is 15.8 Å². The van der Waals surface area contributed by atoms with Gasteiger partial charge < -0.3 is 5.11 Å². The molecule has 110 valence electrons. The fourth-order valence-electron chi connectivity index (χ4n) is 2.26. The zero-order chi connectivity index (χ0) is 15.5. The normalized spacial score (nSPS) is 12.6. The van der Waals surface area contributed by atoms with Crippen LogP contribution in [0.4, 0.5) is 0 Å². The Morgan fingerprint density at radius 2 is 1.67 bits per heavy atom. The van der Waals surface area contributed by atoms with E-state index in [1.54, 1.807) is 7.05 Å². The number of hydrogen-bond acceptors (Lipinski definition) is 2. The molecule has 0 saturated heterocycles. The van der Waals surface area contributed by atoms with E-state index in [2.05, 4.69) is 48.9 Å². The van der Waals surface area contributed by atoms with Gasteiger partial charge in [-0.3, -0.25) is 4.99 Å². The lowest BCUT2D eigenvalue weighted by Gasteiger charge is -2.20. The molecule has 2 aromatic rings. The number of rotatable bonds is 4. The Morgan fingerprint density at radius 1 is 1.00 bits per heavy atom. The van der Waals surface area contributed by atoms with Crippen LogP contribution in [0.2, 0.25) is 19.6 Å². The Balaban J connectivity index is 2.42. The summed E-state index contributed by atoms with van der Waals surface area (Å²) in [5, 5.41) is 14.0. The molecule has 1 unspecified atom stereocenters. The number of phenolic OH excluding ortho intramolecular Hbond substituents is 1. The van der Waals surface area contributed by atoms with Gasteiger partial charge >= 0.3 is 0 Å². The largest absolute Gasteiger partial charge is 0.507 e. The molecular formula is C17H22NOPSi. The van der Waals surface area contributed by atoms with Crippen molar-refractivity contribution in [3.05, 3.63) is 48.0 Å².